The van der Waals surface area contributed by atoms with E-state index in [0.29, 0.717) is 23.6 Å². The Morgan fingerprint density at radius 3 is 2.86 bits per heavy atom. The van der Waals surface area contributed by atoms with Crippen molar-refractivity contribution in [2.24, 2.45) is 11.8 Å². The minimum absolute atomic E-state index is 0.0419. The van der Waals surface area contributed by atoms with Gasteiger partial charge < -0.3 is 5.32 Å². The van der Waals surface area contributed by atoms with Gasteiger partial charge in [-0.05, 0) is 37.5 Å². The van der Waals surface area contributed by atoms with E-state index in [-0.39, 0.29) is 36.6 Å². The van der Waals surface area contributed by atoms with Gasteiger partial charge in [0.15, 0.2) is 0 Å². The summed E-state index contributed by atoms with van der Waals surface area (Å²) >= 11 is 6.03. The highest BCUT2D eigenvalue weighted by molar-refractivity contribution is 6.30. The molecule has 0 spiro atoms. The number of hydrogen-bond acceptors (Lipinski definition) is 4. The lowest BCUT2D eigenvalue weighted by Gasteiger charge is -2.17. The van der Waals surface area contributed by atoms with Gasteiger partial charge in [-0.3, -0.25) is 24.3 Å². The number of likely N-dealkylation sites (tertiary alicyclic amines) is 1. The van der Waals surface area contributed by atoms with Gasteiger partial charge in [-0.2, -0.15) is 0 Å². The molecule has 0 unspecified atom stereocenters. The predicted octanol–water partition coefficient (Wildman–Crippen LogP) is 3.39. The van der Waals surface area contributed by atoms with E-state index in [4.69, 9.17) is 11.6 Å². The molecule has 1 aromatic heterocycles. The third-order valence-corrected chi connectivity index (χ3v) is 5.79. The number of nitrogens with one attached hydrogen (secondary N) is 1. The van der Waals surface area contributed by atoms with Crippen LogP contribution in [0.1, 0.15) is 24.8 Å². The Morgan fingerprint density at radius 2 is 2.04 bits per heavy atom. The van der Waals surface area contributed by atoms with Crippen molar-refractivity contribution >= 4 is 45.9 Å². The third kappa shape index (κ3) is 3.29. The number of hydrogen-bond donors (Lipinski definition) is 1. The molecule has 1 aliphatic heterocycles. The maximum absolute atomic E-state index is 12.6. The molecule has 4 rings (SSSR count). The first-order valence-electron chi connectivity index (χ1n) is 9.29. The topological polar surface area (TPSA) is 79.4 Å². The zero-order valence-corrected chi connectivity index (χ0v) is 16.2. The SMILES string of the molecule is Cc1ccnc2c(NC(=O)CCN3C(=O)[C@H]4CC=C(Cl)C[C@@H]4C3=O)cccc12. The smallest absolute Gasteiger partial charge is 0.233 e. The van der Waals surface area contributed by atoms with Gasteiger partial charge in [-0.15, -0.1) is 0 Å². The standard InChI is InChI=1S/C21H20ClN3O3/c1-12-7-9-23-19-14(12)3-2-4-17(19)24-18(26)8-10-25-20(27)15-6-5-13(22)11-16(15)21(25)28/h2-5,7,9,15-16H,6,8,10-11H2,1H3,(H,24,26)/t15-,16-/m0/s1. The van der Waals surface area contributed by atoms with Gasteiger partial charge in [0.25, 0.3) is 0 Å². The summed E-state index contributed by atoms with van der Waals surface area (Å²) in [5.41, 5.74) is 2.41. The van der Waals surface area contributed by atoms with Crippen molar-refractivity contribution < 1.29 is 14.4 Å². The number of pyridine rings is 1. The van der Waals surface area contributed by atoms with Gasteiger partial charge in [0.2, 0.25) is 17.7 Å². The molecule has 2 heterocycles. The van der Waals surface area contributed by atoms with E-state index >= 15 is 0 Å². The maximum atomic E-state index is 12.6. The molecule has 2 atom stereocenters. The van der Waals surface area contributed by atoms with Gasteiger partial charge in [0, 0.05) is 29.6 Å². The second-order valence-corrected chi connectivity index (χ2v) is 7.75. The Hall–Kier alpha value is -2.73. The van der Waals surface area contributed by atoms with Crippen LogP contribution in [0.15, 0.2) is 41.6 Å². The molecule has 144 valence electrons. The van der Waals surface area contributed by atoms with Crippen LogP contribution in [-0.2, 0) is 14.4 Å². The molecule has 6 nitrogen and oxygen atoms in total. The van der Waals surface area contributed by atoms with Crippen LogP contribution >= 0.6 is 11.6 Å². The largest absolute Gasteiger partial charge is 0.324 e. The lowest BCUT2D eigenvalue weighted by molar-refractivity contribution is -0.140. The predicted molar refractivity (Wildman–Crippen MR) is 107 cm³/mol. The number of para-hydroxylation sites is 1. The second-order valence-electron chi connectivity index (χ2n) is 7.26. The first-order chi connectivity index (χ1) is 13.5. The van der Waals surface area contributed by atoms with Crippen molar-refractivity contribution in [1.29, 1.82) is 0 Å². The van der Waals surface area contributed by atoms with Crippen molar-refractivity contribution in [2.45, 2.75) is 26.2 Å². The minimum atomic E-state index is -0.390. The van der Waals surface area contributed by atoms with E-state index in [1.807, 2.05) is 25.1 Å². The number of carbonyl (C=O) groups excluding carboxylic acids is 3. The van der Waals surface area contributed by atoms with Gasteiger partial charge in [-0.25, -0.2) is 0 Å². The zero-order valence-electron chi connectivity index (χ0n) is 15.4. The average Bonchev–Trinajstić information content (AvgIpc) is 2.91. The fourth-order valence-electron chi connectivity index (χ4n) is 3.96. The first kappa shape index (κ1) is 18.6. The Bertz CT molecular complexity index is 1020. The molecule has 0 radical (unpaired) electrons. The first-order valence-corrected chi connectivity index (χ1v) is 9.67. The monoisotopic (exact) mass is 397 g/mol. The molecule has 2 aliphatic rings. The summed E-state index contributed by atoms with van der Waals surface area (Å²) < 4.78 is 0. The molecule has 2 aromatic rings. The van der Waals surface area contributed by atoms with Crippen molar-refractivity contribution in [3.63, 3.8) is 0 Å². The van der Waals surface area contributed by atoms with Crippen LogP contribution in [0, 0.1) is 18.8 Å². The molecule has 0 bridgehead atoms. The number of rotatable bonds is 4. The second kappa shape index (κ2) is 7.36. The van der Waals surface area contributed by atoms with Crippen LogP contribution in [0.5, 0.6) is 0 Å². The van der Waals surface area contributed by atoms with E-state index in [1.165, 1.54) is 4.90 Å². The third-order valence-electron chi connectivity index (χ3n) is 5.49. The number of aryl methyl sites for hydroxylation is 1. The number of nitrogens with zero attached hydrogens (tertiary/aromatic N) is 2. The van der Waals surface area contributed by atoms with Crippen LogP contribution in [0.4, 0.5) is 5.69 Å². The minimum Gasteiger partial charge on any atom is -0.324 e. The van der Waals surface area contributed by atoms with Gasteiger partial charge >= 0.3 is 0 Å². The summed E-state index contributed by atoms with van der Waals surface area (Å²) in [6, 6.07) is 7.53. The number of fused-ring (bicyclic) bond motifs is 2. The molecule has 1 fully saturated rings. The fraction of sp³-hybridized carbons (Fsp3) is 0.333. The molecular formula is C21H20ClN3O3. The summed E-state index contributed by atoms with van der Waals surface area (Å²) in [6.07, 6.45) is 4.44. The van der Waals surface area contributed by atoms with Crippen LogP contribution in [-0.4, -0.2) is 34.2 Å². The van der Waals surface area contributed by atoms with E-state index in [9.17, 15) is 14.4 Å². The Kier molecular flexibility index (Phi) is 4.89. The molecular weight excluding hydrogens is 378 g/mol. The number of aromatic nitrogens is 1. The van der Waals surface area contributed by atoms with Crippen molar-refractivity contribution in [2.75, 3.05) is 11.9 Å². The number of anilines is 1. The zero-order chi connectivity index (χ0) is 19.8. The van der Waals surface area contributed by atoms with Crippen LogP contribution in [0.25, 0.3) is 10.9 Å². The van der Waals surface area contributed by atoms with E-state index in [1.54, 1.807) is 18.3 Å². The van der Waals surface area contributed by atoms with E-state index in [2.05, 4.69) is 10.3 Å². The van der Waals surface area contributed by atoms with Crippen molar-refractivity contribution in [3.8, 4) is 0 Å². The number of imide groups is 1. The number of carbonyl (C=O) groups is 3. The lowest BCUT2D eigenvalue weighted by atomic mass is 9.85. The van der Waals surface area contributed by atoms with E-state index in [0.717, 1.165) is 16.5 Å². The summed E-state index contributed by atoms with van der Waals surface area (Å²) in [6.45, 7) is 2.06. The van der Waals surface area contributed by atoms with Crippen LogP contribution in [0.2, 0.25) is 0 Å². The number of amides is 3. The van der Waals surface area contributed by atoms with Gasteiger partial charge in [0.1, 0.15) is 0 Å². The highest BCUT2D eigenvalue weighted by atomic mass is 35.5. The molecule has 1 N–H and O–H groups in total. The highest BCUT2D eigenvalue weighted by Crippen LogP contribution is 2.38. The highest BCUT2D eigenvalue weighted by Gasteiger charge is 2.48. The molecule has 1 saturated heterocycles. The quantitative estimate of drug-likeness (QED) is 0.802. The molecule has 1 aliphatic carbocycles. The summed E-state index contributed by atoms with van der Waals surface area (Å²) in [5.74, 6) is -1.42. The fourth-order valence-corrected chi connectivity index (χ4v) is 4.21. The average molecular weight is 398 g/mol. The van der Waals surface area contributed by atoms with Gasteiger partial charge in [-0.1, -0.05) is 29.8 Å². The normalized spacial score (nSPS) is 21.6. The molecule has 1 aromatic carbocycles. The molecule has 0 saturated carbocycles. The van der Waals surface area contributed by atoms with E-state index < -0.39 is 5.92 Å². The molecule has 7 heteroatoms. The lowest BCUT2D eigenvalue weighted by Crippen LogP contribution is -2.34. The number of benzene rings is 1. The Morgan fingerprint density at radius 1 is 1.25 bits per heavy atom. The summed E-state index contributed by atoms with van der Waals surface area (Å²) in [5, 5.41) is 4.45. The maximum Gasteiger partial charge on any atom is 0.233 e. The van der Waals surface area contributed by atoms with Crippen LogP contribution in [0.3, 0.4) is 0 Å². The van der Waals surface area contributed by atoms with Crippen LogP contribution < -0.4 is 5.32 Å². The number of halogens is 1. The Labute approximate surface area is 167 Å². The number of allylic oxidation sites excluding steroid dienone is 2. The van der Waals surface area contributed by atoms with Crippen molar-refractivity contribution in [1.82, 2.24) is 9.88 Å². The van der Waals surface area contributed by atoms with Gasteiger partial charge in [0.05, 0.1) is 23.0 Å². The summed E-state index contributed by atoms with van der Waals surface area (Å²) in [4.78, 5) is 43.1. The van der Waals surface area contributed by atoms with Crippen molar-refractivity contribution in [3.05, 3.63) is 47.1 Å². The molecule has 28 heavy (non-hydrogen) atoms. The summed E-state index contributed by atoms with van der Waals surface area (Å²) in [7, 11) is 0. The Balaban J connectivity index is 1.43. The molecule has 3 amide bonds.